The maximum absolute atomic E-state index is 12.3. The van der Waals surface area contributed by atoms with E-state index >= 15 is 0 Å². The molecule has 7 heteroatoms. The molecule has 0 aliphatic rings. The van der Waals surface area contributed by atoms with Crippen molar-refractivity contribution in [3.63, 3.8) is 0 Å². The van der Waals surface area contributed by atoms with E-state index in [1.165, 1.54) is 6.20 Å². The van der Waals surface area contributed by atoms with Gasteiger partial charge >= 0.3 is 0 Å². The van der Waals surface area contributed by atoms with Gasteiger partial charge in [0.2, 0.25) is 5.95 Å². The van der Waals surface area contributed by atoms with Gasteiger partial charge in [-0.15, -0.1) is 0 Å². The van der Waals surface area contributed by atoms with E-state index in [9.17, 15) is 4.79 Å². The van der Waals surface area contributed by atoms with Crippen molar-refractivity contribution in [2.24, 2.45) is 0 Å². The van der Waals surface area contributed by atoms with Gasteiger partial charge in [-0.1, -0.05) is 0 Å². The number of ether oxygens (including phenoxy) is 1. The molecule has 3 rings (SSSR count). The predicted molar refractivity (Wildman–Crippen MR) is 93.6 cm³/mol. The fourth-order valence-electron chi connectivity index (χ4n) is 2.15. The fourth-order valence-corrected chi connectivity index (χ4v) is 2.15. The fraction of sp³-hybridized carbons (Fsp3) is 0.167. The van der Waals surface area contributed by atoms with Crippen molar-refractivity contribution < 1.29 is 13.9 Å². The number of carbonyl (C=O) groups is 1. The minimum atomic E-state index is -0.312. The van der Waals surface area contributed by atoms with Crippen molar-refractivity contribution >= 4 is 17.5 Å². The number of nitrogens with zero attached hydrogens (tertiary/aromatic N) is 2. The van der Waals surface area contributed by atoms with Crippen LogP contribution in [0.4, 0.5) is 11.6 Å². The van der Waals surface area contributed by atoms with E-state index in [0.717, 1.165) is 11.5 Å². The van der Waals surface area contributed by atoms with Gasteiger partial charge in [-0.3, -0.25) is 4.79 Å². The highest BCUT2D eigenvalue weighted by Crippen LogP contribution is 2.16. The van der Waals surface area contributed by atoms with Crippen molar-refractivity contribution in [3.8, 4) is 5.75 Å². The van der Waals surface area contributed by atoms with E-state index < -0.39 is 0 Å². The first-order valence-electron chi connectivity index (χ1n) is 7.88. The first-order valence-corrected chi connectivity index (χ1v) is 7.88. The highest BCUT2D eigenvalue weighted by Gasteiger charge is 2.09. The molecule has 0 saturated heterocycles. The number of carbonyl (C=O) groups excluding carboxylic acids is 1. The third kappa shape index (κ3) is 4.57. The summed E-state index contributed by atoms with van der Waals surface area (Å²) in [5.74, 6) is 1.56. The number of aromatic nitrogens is 2. The number of rotatable bonds is 7. The Kier molecular flexibility index (Phi) is 5.26. The highest BCUT2D eigenvalue weighted by molar-refractivity contribution is 6.02. The van der Waals surface area contributed by atoms with Gasteiger partial charge in [-0.25, -0.2) is 9.97 Å². The van der Waals surface area contributed by atoms with E-state index in [2.05, 4.69) is 20.6 Å². The molecule has 25 heavy (non-hydrogen) atoms. The van der Waals surface area contributed by atoms with Crippen LogP contribution >= 0.6 is 0 Å². The zero-order valence-corrected chi connectivity index (χ0v) is 13.7. The van der Waals surface area contributed by atoms with Crippen LogP contribution in [0, 0.1) is 0 Å². The smallest absolute Gasteiger partial charge is 0.274 e. The Hall–Kier alpha value is -3.35. The highest BCUT2D eigenvalue weighted by atomic mass is 16.5. The summed E-state index contributed by atoms with van der Waals surface area (Å²) in [6.07, 6.45) is 3.13. The number of anilines is 2. The summed E-state index contributed by atoms with van der Waals surface area (Å²) in [5, 5.41) is 5.81. The minimum Gasteiger partial charge on any atom is -0.494 e. The van der Waals surface area contributed by atoms with Crippen molar-refractivity contribution in [2.75, 3.05) is 17.2 Å². The Morgan fingerprint density at radius 1 is 1.20 bits per heavy atom. The molecule has 0 fully saturated rings. The van der Waals surface area contributed by atoms with Crippen molar-refractivity contribution in [2.45, 2.75) is 13.5 Å². The molecule has 1 amide bonds. The molecule has 2 N–H and O–H groups in total. The summed E-state index contributed by atoms with van der Waals surface area (Å²) in [5.41, 5.74) is 0.933. The van der Waals surface area contributed by atoms with Gasteiger partial charge in [0.25, 0.3) is 5.91 Å². The molecule has 0 atom stereocenters. The molecule has 2 heterocycles. The Balaban J connectivity index is 1.62. The lowest BCUT2D eigenvalue weighted by Crippen LogP contribution is -2.15. The average molecular weight is 338 g/mol. The summed E-state index contributed by atoms with van der Waals surface area (Å²) in [6.45, 7) is 2.96. The molecule has 0 aliphatic heterocycles. The monoisotopic (exact) mass is 338 g/mol. The molecule has 0 radical (unpaired) electrons. The number of nitrogens with one attached hydrogen (secondary N) is 2. The van der Waals surface area contributed by atoms with E-state index in [1.807, 2.05) is 13.0 Å². The van der Waals surface area contributed by atoms with Gasteiger partial charge in [0.1, 0.15) is 17.2 Å². The van der Waals surface area contributed by atoms with Gasteiger partial charge in [-0.2, -0.15) is 0 Å². The van der Waals surface area contributed by atoms with Gasteiger partial charge in [-0.05, 0) is 49.4 Å². The third-order valence-corrected chi connectivity index (χ3v) is 3.31. The third-order valence-electron chi connectivity index (χ3n) is 3.31. The maximum atomic E-state index is 12.3. The predicted octanol–water partition coefficient (Wildman–Crippen LogP) is 3.33. The number of benzene rings is 1. The zero-order valence-electron chi connectivity index (χ0n) is 13.7. The van der Waals surface area contributed by atoms with E-state index in [1.54, 1.807) is 42.7 Å². The molecule has 2 aromatic heterocycles. The molecular weight excluding hydrogens is 320 g/mol. The molecular formula is C18H18N4O3. The van der Waals surface area contributed by atoms with Crippen LogP contribution in [0.25, 0.3) is 0 Å². The largest absolute Gasteiger partial charge is 0.494 e. The summed E-state index contributed by atoms with van der Waals surface area (Å²) < 4.78 is 10.6. The molecule has 0 unspecified atom stereocenters. The summed E-state index contributed by atoms with van der Waals surface area (Å²) in [6, 6.07) is 12.4. The number of hydrogen-bond acceptors (Lipinski definition) is 6. The summed E-state index contributed by atoms with van der Waals surface area (Å²) in [7, 11) is 0. The minimum absolute atomic E-state index is 0.269. The number of amides is 1. The second-order valence-corrected chi connectivity index (χ2v) is 5.11. The van der Waals surface area contributed by atoms with E-state index in [0.29, 0.717) is 24.8 Å². The second-order valence-electron chi connectivity index (χ2n) is 5.11. The Morgan fingerprint density at radius 2 is 2.04 bits per heavy atom. The lowest BCUT2D eigenvalue weighted by molar-refractivity contribution is 0.102. The molecule has 0 spiro atoms. The van der Waals surface area contributed by atoms with Crippen molar-refractivity contribution in [1.82, 2.24) is 9.97 Å². The van der Waals surface area contributed by atoms with E-state index in [-0.39, 0.29) is 11.6 Å². The molecule has 3 aromatic rings. The average Bonchev–Trinajstić information content (AvgIpc) is 3.16. The maximum Gasteiger partial charge on any atom is 0.274 e. The van der Waals surface area contributed by atoms with Crippen molar-refractivity contribution in [1.29, 1.82) is 0 Å². The van der Waals surface area contributed by atoms with Crippen LogP contribution in [0.15, 0.2) is 59.3 Å². The number of hydrogen-bond donors (Lipinski definition) is 2. The summed E-state index contributed by atoms with van der Waals surface area (Å²) in [4.78, 5) is 20.6. The lowest BCUT2D eigenvalue weighted by atomic mass is 10.3. The first-order chi connectivity index (χ1) is 12.2. The van der Waals surface area contributed by atoms with Crippen LogP contribution in [-0.2, 0) is 6.54 Å². The van der Waals surface area contributed by atoms with Gasteiger partial charge in [0, 0.05) is 11.9 Å². The topological polar surface area (TPSA) is 89.3 Å². The molecule has 128 valence electrons. The molecule has 0 bridgehead atoms. The zero-order chi connectivity index (χ0) is 17.5. The quantitative estimate of drug-likeness (QED) is 0.687. The first kappa shape index (κ1) is 16.5. The van der Waals surface area contributed by atoms with Gasteiger partial charge in [0.15, 0.2) is 0 Å². The van der Waals surface area contributed by atoms with Crippen LogP contribution in [-0.4, -0.2) is 22.5 Å². The van der Waals surface area contributed by atoms with Gasteiger partial charge < -0.3 is 19.8 Å². The Labute approximate surface area is 145 Å². The van der Waals surface area contributed by atoms with E-state index in [4.69, 9.17) is 9.15 Å². The van der Waals surface area contributed by atoms with Crippen LogP contribution < -0.4 is 15.4 Å². The summed E-state index contributed by atoms with van der Waals surface area (Å²) >= 11 is 0. The molecule has 7 nitrogen and oxygen atoms in total. The van der Waals surface area contributed by atoms with Crippen LogP contribution in [0.3, 0.4) is 0 Å². The molecule has 0 saturated carbocycles. The standard InChI is InChI=1S/C18H18N4O3/c1-2-24-14-7-5-13(6-8-14)21-17(23)16-9-10-19-18(22-16)20-12-15-4-3-11-25-15/h3-11H,2,12H2,1H3,(H,21,23)(H,19,20,22). The molecule has 1 aromatic carbocycles. The lowest BCUT2D eigenvalue weighted by Gasteiger charge is -2.08. The van der Waals surface area contributed by atoms with Crippen LogP contribution in [0.2, 0.25) is 0 Å². The van der Waals surface area contributed by atoms with Crippen LogP contribution in [0.5, 0.6) is 5.75 Å². The normalized spacial score (nSPS) is 10.3. The SMILES string of the molecule is CCOc1ccc(NC(=O)c2ccnc(NCc3ccco3)n2)cc1. The molecule has 0 aliphatic carbocycles. The van der Waals surface area contributed by atoms with Crippen LogP contribution in [0.1, 0.15) is 23.2 Å². The van der Waals surface area contributed by atoms with Gasteiger partial charge in [0.05, 0.1) is 19.4 Å². The second kappa shape index (κ2) is 7.96. The Morgan fingerprint density at radius 3 is 2.76 bits per heavy atom. The Bertz CT molecular complexity index is 817. The van der Waals surface area contributed by atoms with Crippen molar-refractivity contribution in [3.05, 3.63) is 66.4 Å². The number of furan rings is 1.